The van der Waals surface area contributed by atoms with Gasteiger partial charge in [0.2, 0.25) is 5.91 Å². The van der Waals surface area contributed by atoms with E-state index in [1.807, 2.05) is 30.3 Å². The van der Waals surface area contributed by atoms with Gasteiger partial charge in [-0.05, 0) is 48.6 Å². The van der Waals surface area contributed by atoms with Crippen LogP contribution < -0.4 is 5.32 Å². The van der Waals surface area contributed by atoms with Crippen molar-refractivity contribution in [1.82, 2.24) is 9.29 Å². The zero-order valence-corrected chi connectivity index (χ0v) is 16.2. The van der Waals surface area contributed by atoms with Gasteiger partial charge < -0.3 is 5.32 Å². The molecule has 0 aliphatic carbocycles. The summed E-state index contributed by atoms with van der Waals surface area (Å²) in [6, 6.07) is 12.6. The van der Waals surface area contributed by atoms with Crippen LogP contribution in [0.5, 0.6) is 0 Å². The number of rotatable bonds is 4. The zero-order chi connectivity index (χ0) is 18.9. The molecular weight excluding hydrogens is 382 g/mol. The number of thiophene rings is 1. The standard InChI is InChI=1S/C19H19N3O3S2/c23-19(21-17-8-1-7-16-15(17)6-2-10-20-16)14-5-3-11-22(13-14)27(24,25)18-9-4-12-26-18/h1-2,4,6-10,12,14H,3,5,11,13H2,(H,21,23)/t14-/m0/s1. The maximum absolute atomic E-state index is 12.8. The zero-order valence-electron chi connectivity index (χ0n) is 14.5. The fourth-order valence-corrected chi connectivity index (χ4v) is 6.03. The van der Waals surface area contributed by atoms with E-state index in [2.05, 4.69) is 10.3 Å². The molecule has 6 nitrogen and oxygen atoms in total. The Kier molecular flexibility index (Phi) is 4.94. The molecule has 1 aromatic carbocycles. The predicted molar refractivity (Wildman–Crippen MR) is 106 cm³/mol. The van der Waals surface area contributed by atoms with E-state index in [9.17, 15) is 13.2 Å². The lowest BCUT2D eigenvalue weighted by Gasteiger charge is -2.30. The summed E-state index contributed by atoms with van der Waals surface area (Å²) in [5.74, 6) is -0.530. The molecule has 3 heterocycles. The van der Waals surface area contributed by atoms with Crippen molar-refractivity contribution >= 4 is 43.9 Å². The van der Waals surface area contributed by atoms with Crippen molar-refractivity contribution in [2.24, 2.45) is 5.92 Å². The number of nitrogens with one attached hydrogen (secondary N) is 1. The molecule has 4 rings (SSSR count). The third kappa shape index (κ3) is 3.60. The summed E-state index contributed by atoms with van der Waals surface area (Å²) in [5, 5.41) is 5.58. The average Bonchev–Trinajstić information content (AvgIpc) is 3.24. The summed E-state index contributed by atoms with van der Waals surface area (Å²) in [6.45, 7) is 0.650. The van der Waals surface area contributed by atoms with Crippen LogP contribution >= 0.6 is 11.3 Å². The number of sulfonamides is 1. The summed E-state index contributed by atoms with van der Waals surface area (Å²) in [4.78, 5) is 17.1. The quantitative estimate of drug-likeness (QED) is 0.727. The smallest absolute Gasteiger partial charge is 0.252 e. The SMILES string of the molecule is O=C(Nc1cccc2ncccc12)[C@H]1CCCN(S(=O)(=O)c2cccs2)C1. The Morgan fingerprint density at radius 2 is 2.07 bits per heavy atom. The lowest BCUT2D eigenvalue weighted by Crippen LogP contribution is -2.43. The molecule has 1 saturated heterocycles. The fourth-order valence-electron chi connectivity index (χ4n) is 3.36. The number of nitrogens with zero attached hydrogens (tertiary/aromatic N) is 2. The molecule has 27 heavy (non-hydrogen) atoms. The fraction of sp³-hybridized carbons (Fsp3) is 0.263. The van der Waals surface area contributed by atoms with E-state index < -0.39 is 10.0 Å². The highest BCUT2D eigenvalue weighted by molar-refractivity contribution is 7.91. The third-order valence-corrected chi connectivity index (χ3v) is 7.99. The van der Waals surface area contributed by atoms with Gasteiger partial charge in [-0.15, -0.1) is 11.3 Å². The first-order chi connectivity index (χ1) is 13.1. The lowest BCUT2D eigenvalue weighted by molar-refractivity contribution is -0.120. The Balaban J connectivity index is 1.52. The van der Waals surface area contributed by atoms with Gasteiger partial charge in [0, 0.05) is 24.7 Å². The van der Waals surface area contributed by atoms with Crippen molar-refractivity contribution in [3.63, 3.8) is 0 Å². The van der Waals surface area contributed by atoms with Crippen LogP contribution in [0.2, 0.25) is 0 Å². The second-order valence-electron chi connectivity index (χ2n) is 6.50. The largest absolute Gasteiger partial charge is 0.325 e. The Bertz CT molecular complexity index is 1060. The summed E-state index contributed by atoms with van der Waals surface area (Å²) < 4.78 is 27.2. The Labute approximate surface area is 161 Å². The van der Waals surface area contributed by atoms with Crippen LogP contribution in [-0.4, -0.2) is 36.7 Å². The van der Waals surface area contributed by atoms with E-state index in [4.69, 9.17) is 0 Å². The van der Waals surface area contributed by atoms with Crippen molar-refractivity contribution in [2.45, 2.75) is 17.1 Å². The third-order valence-electron chi connectivity index (χ3n) is 4.75. The number of carbonyl (C=O) groups is 1. The molecule has 0 saturated carbocycles. The summed E-state index contributed by atoms with van der Waals surface area (Å²) >= 11 is 1.20. The maximum Gasteiger partial charge on any atom is 0.252 e. The number of benzene rings is 1. The molecular formula is C19H19N3O3S2. The van der Waals surface area contributed by atoms with Gasteiger partial charge in [-0.2, -0.15) is 4.31 Å². The van der Waals surface area contributed by atoms with Crippen LogP contribution in [0.15, 0.2) is 58.3 Å². The number of fused-ring (bicyclic) bond motifs is 1. The first-order valence-electron chi connectivity index (χ1n) is 8.74. The van der Waals surface area contributed by atoms with Crippen molar-refractivity contribution in [1.29, 1.82) is 0 Å². The van der Waals surface area contributed by atoms with Crippen LogP contribution in [0, 0.1) is 5.92 Å². The molecule has 1 aliphatic rings. The average molecular weight is 402 g/mol. The van der Waals surface area contributed by atoms with Crippen molar-refractivity contribution in [3.8, 4) is 0 Å². The Hall–Kier alpha value is -2.29. The van der Waals surface area contributed by atoms with Gasteiger partial charge >= 0.3 is 0 Å². The molecule has 0 bridgehead atoms. The molecule has 2 aromatic heterocycles. The molecule has 1 aliphatic heterocycles. The van der Waals surface area contributed by atoms with Crippen LogP contribution in [0.25, 0.3) is 10.9 Å². The molecule has 8 heteroatoms. The molecule has 0 spiro atoms. The van der Waals surface area contributed by atoms with Crippen LogP contribution in [-0.2, 0) is 14.8 Å². The number of amides is 1. The second kappa shape index (κ2) is 7.38. The number of hydrogen-bond donors (Lipinski definition) is 1. The highest BCUT2D eigenvalue weighted by Gasteiger charge is 2.33. The van der Waals surface area contributed by atoms with Crippen LogP contribution in [0.3, 0.4) is 0 Å². The van der Waals surface area contributed by atoms with Gasteiger partial charge in [0.25, 0.3) is 10.0 Å². The minimum absolute atomic E-state index is 0.155. The minimum Gasteiger partial charge on any atom is -0.325 e. The number of aromatic nitrogens is 1. The summed E-state index contributed by atoms with van der Waals surface area (Å²) in [5.41, 5.74) is 1.50. The molecule has 1 N–H and O–H groups in total. The van der Waals surface area contributed by atoms with Crippen molar-refractivity contribution in [3.05, 3.63) is 54.0 Å². The van der Waals surface area contributed by atoms with Gasteiger partial charge in [0.05, 0.1) is 17.1 Å². The topological polar surface area (TPSA) is 79.4 Å². The summed E-state index contributed by atoms with van der Waals surface area (Å²) in [7, 11) is -3.53. The van der Waals surface area contributed by atoms with E-state index in [0.717, 1.165) is 10.9 Å². The second-order valence-corrected chi connectivity index (χ2v) is 9.61. The highest BCUT2D eigenvalue weighted by Crippen LogP contribution is 2.28. The molecule has 3 aromatic rings. The first kappa shape index (κ1) is 18.1. The van der Waals surface area contributed by atoms with E-state index in [0.29, 0.717) is 29.3 Å². The molecule has 1 atom stereocenters. The van der Waals surface area contributed by atoms with Gasteiger partial charge in [-0.25, -0.2) is 8.42 Å². The van der Waals surface area contributed by atoms with Gasteiger partial charge in [0.1, 0.15) is 4.21 Å². The number of piperidine rings is 1. The monoisotopic (exact) mass is 401 g/mol. The van der Waals surface area contributed by atoms with Crippen LogP contribution in [0.1, 0.15) is 12.8 Å². The molecule has 140 valence electrons. The van der Waals surface area contributed by atoms with Gasteiger partial charge in [-0.3, -0.25) is 9.78 Å². The summed E-state index contributed by atoms with van der Waals surface area (Å²) in [6.07, 6.45) is 3.05. The van der Waals surface area contributed by atoms with E-state index in [-0.39, 0.29) is 18.4 Å². The van der Waals surface area contributed by atoms with E-state index in [1.165, 1.54) is 15.6 Å². The Morgan fingerprint density at radius 3 is 2.89 bits per heavy atom. The van der Waals surface area contributed by atoms with E-state index >= 15 is 0 Å². The van der Waals surface area contributed by atoms with Crippen LogP contribution in [0.4, 0.5) is 5.69 Å². The predicted octanol–water partition coefficient (Wildman–Crippen LogP) is 3.34. The first-order valence-corrected chi connectivity index (χ1v) is 11.1. The number of anilines is 1. The Morgan fingerprint density at radius 1 is 1.19 bits per heavy atom. The molecule has 1 fully saturated rings. The number of hydrogen-bond acceptors (Lipinski definition) is 5. The minimum atomic E-state index is -3.53. The lowest BCUT2D eigenvalue weighted by atomic mass is 9.98. The van der Waals surface area contributed by atoms with Crippen molar-refractivity contribution in [2.75, 3.05) is 18.4 Å². The van der Waals surface area contributed by atoms with Gasteiger partial charge in [-0.1, -0.05) is 12.1 Å². The number of carbonyl (C=O) groups excluding carboxylic acids is 1. The molecule has 1 amide bonds. The molecule has 0 unspecified atom stereocenters. The van der Waals surface area contributed by atoms with Gasteiger partial charge in [0.15, 0.2) is 0 Å². The normalized spacial score (nSPS) is 18.4. The molecule has 0 radical (unpaired) electrons. The maximum atomic E-state index is 12.8. The number of pyridine rings is 1. The van der Waals surface area contributed by atoms with E-state index in [1.54, 1.807) is 23.7 Å². The van der Waals surface area contributed by atoms with Crippen molar-refractivity contribution < 1.29 is 13.2 Å². The highest BCUT2D eigenvalue weighted by atomic mass is 32.2.